The molecule has 0 bridgehead atoms. The fourth-order valence-corrected chi connectivity index (χ4v) is 2.87. The molecule has 1 aromatic heterocycles. The van der Waals surface area contributed by atoms with Crippen molar-refractivity contribution in [3.8, 4) is 0 Å². The maximum atomic E-state index is 11.2. The third kappa shape index (κ3) is 3.44. The smallest absolute Gasteiger partial charge is 0.137 e. The van der Waals surface area contributed by atoms with E-state index >= 15 is 0 Å². The first-order valence-corrected chi connectivity index (χ1v) is 7.81. The number of aromatic nitrogens is 3. The van der Waals surface area contributed by atoms with Crippen molar-refractivity contribution in [3.05, 3.63) is 83.4 Å². The van der Waals surface area contributed by atoms with Crippen LogP contribution in [0.5, 0.6) is 0 Å². The molecule has 0 saturated carbocycles. The van der Waals surface area contributed by atoms with Crippen LogP contribution in [0.2, 0.25) is 5.02 Å². The summed E-state index contributed by atoms with van der Waals surface area (Å²) in [5, 5.41) is 16.2. The Labute approximate surface area is 140 Å². The van der Waals surface area contributed by atoms with Crippen molar-refractivity contribution in [2.75, 3.05) is 0 Å². The second-order valence-electron chi connectivity index (χ2n) is 5.74. The molecule has 3 aromatic rings. The van der Waals surface area contributed by atoms with Crippen LogP contribution in [0, 0.1) is 0 Å². The van der Waals surface area contributed by atoms with Crippen molar-refractivity contribution in [2.24, 2.45) is 0 Å². The summed E-state index contributed by atoms with van der Waals surface area (Å²) in [4.78, 5) is 4.03. The maximum absolute atomic E-state index is 11.2. The lowest BCUT2D eigenvalue weighted by molar-refractivity contribution is -0.00474. The second-order valence-corrected chi connectivity index (χ2v) is 6.17. The average Bonchev–Trinajstić information content (AvgIpc) is 3.09. The Hall–Kier alpha value is -2.17. The van der Waals surface area contributed by atoms with Crippen LogP contribution < -0.4 is 0 Å². The summed E-state index contributed by atoms with van der Waals surface area (Å²) in [7, 11) is 0. The zero-order chi connectivity index (χ0) is 16.3. The highest BCUT2D eigenvalue weighted by Crippen LogP contribution is 2.35. The largest absolute Gasteiger partial charge is 0.383 e. The van der Waals surface area contributed by atoms with E-state index in [0.717, 1.165) is 11.1 Å². The number of halogens is 1. The molecule has 0 saturated heterocycles. The Bertz CT molecular complexity index is 740. The summed E-state index contributed by atoms with van der Waals surface area (Å²) in [6.45, 7) is 1.81. The lowest BCUT2D eigenvalue weighted by Gasteiger charge is -2.33. The maximum Gasteiger partial charge on any atom is 0.137 e. The lowest BCUT2D eigenvalue weighted by atomic mass is 9.85. The van der Waals surface area contributed by atoms with Gasteiger partial charge in [-0.15, -0.1) is 0 Å². The molecule has 1 heterocycles. The van der Waals surface area contributed by atoms with E-state index in [1.54, 1.807) is 11.0 Å². The van der Waals surface area contributed by atoms with Gasteiger partial charge in [-0.1, -0.05) is 54.1 Å². The number of hydrogen-bond donors (Lipinski definition) is 1. The molecule has 0 radical (unpaired) electrons. The Kier molecular flexibility index (Phi) is 4.46. The molecule has 23 heavy (non-hydrogen) atoms. The van der Waals surface area contributed by atoms with Crippen LogP contribution in [-0.2, 0) is 12.0 Å². The molecule has 1 N–H and O–H groups in total. The molecule has 0 aliphatic carbocycles. The first-order valence-electron chi connectivity index (χ1n) is 7.44. The van der Waals surface area contributed by atoms with Gasteiger partial charge >= 0.3 is 0 Å². The summed E-state index contributed by atoms with van der Waals surface area (Å²) in [5.41, 5.74) is 0.828. The van der Waals surface area contributed by atoms with Gasteiger partial charge in [0.2, 0.25) is 0 Å². The molecule has 0 unspecified atom stereocenters. The quantitative estimate of drug-likeness (QED) is 0.778. The van der Waals surface area contributed by atoms with Crippen LogP contribution in [0.1, 0.15) is 24.1 Å². The van der Waals surface area contributed by atoms with Gasteiger partial charge < -0.3 is 5.11 Å². The highest BCUT2D eigenvalue weighted by Gasteiger charge is 2.35. The minimum Gasteiger partial charge on any atom is -0.383 e. The van der Waals surface area contributed by atoms with Gasteiger partial charge in [0.1, 0.15) is 18.3 Å². The van der Waals surface area contributed by atoms with E-state index in [2.05, 4.69) is 10.1 Å². The van der Waals surface area contributed by atoms with Crippen LogP contribution in [0.15, 0.2) is 67.3 Å². The zero-order valence-corrected chi connectivity index (χ0v) is 13.6. The molecular weight excluding hydrogens is 310 g/mol. The van der Waals surface area contributed by atoms with E-state index in [-0.39, 0.29) is 6.04 Å². The third-order valence-corrected chi connectivity index (χ3v) is 4.36. The van der Waals surface area contributed by atoms with Gasteiger partial charge in [0.25, 0.3) is 0 Å². The Morgan fingerprint density at radius 1 is 1.13 bits per heavy atom. The standard InChI is InChI=1S/C18H18ClN3O/c1-18(23,15-5-3-2-4-6-15)17(22-13-20-12-21-22)11-14-7-9-16(19)10-8-14/h2-10,12-13,17,23H,11H2,1H3/t17-,18-/m1/s1. The van der Waals surface area contributed by atoms with Crippen LogP contribution in [0.4, 0.5) is 0 Å². The van der Waals surface area contributed by atoms with E-state index < -0.39 is 5.60 Å². The minimum atomic E-state index is -1.09. The van der Waals surface area contributed by atoms with Gasteiger partial charge in [0.05, 0.1) is 6.04 Å². The molecular formula is C18H18ClN3O. The summed E-state index contributed by atoms with van der Waals surface area (Å²) >= 11 is 5.96. The predicted molar refractivity (Wildman–Crippen MR) is 90.2 cm³/mol. The van der Waals surface area contributed by atoms with Crippen molar-refractivity contribution in [3.63, 3.8) is 0 Å². The summed E-state index contributed by atoms with van der Waals surface area (Å²) in [6, 6.07) is 17.0. The monoisotopic (exact) mass is 327 g/mol. The summed E-state index contributed by atoms with van der Waals surface area (Å²) in [5.74, 6) is 0. The van der Waals surface area contributed by atoms with E-state index in [4.69, 9.17) is 11.6 Å². The molecule has 3 rings (SSSR count). The SMILES string of the molecule is C[C@@](O)(c1ccccc1)[C@@H](Cc1ccc(Cl)cc1)n1cncn1. The van der Waals surface area contributed by atoms with Crippen molar-refractivity contribution in [2.45, 2.75) is 25.0 Å². The van der Waals surface area contributed by atoms with Gasteiger partial charge in [-0.3, -0.25) is 0 Å². The van der Waals surface area contributed by atoms with Gasteiger partial charge in [0, 0.05) is 5.02 Å². The Morgan fingerprint density at radius 3 is 2.43 bits per heavy atom. The van der Waals surface area contributed by atoms with Gasteiger partial charge in [-0.05, 0) is 36.6 Å². The van der Waals surface area contributed by atoms with Gasteiger partial charge in [0.15, 0.2) is 0 Å². The Balaban J connectivity index is 1.97. The molecule has 0 fully saturated rings. The Morgan fingerprint density at radius 2 is 1.83 bits per heavy atom. The molecule has 2 aromatic carbocycles. The van der Waals surface area contributed by atoms with Crippen LogP contribution in [0.3, 0.4) is 0 Å². The lowest BCUT2D eigenvalue weighted by Crippen LogP contribution is -2.35. The van der Waals surface area contributed by atoms with E-state index in [9.17, 15) is 5.11 Å². The van der Waals surface area contributed by atoms with Gasteiger partial charge in [-0.2, -0.15) is 5.10 Å². The number of hydrogen-bond acceptors (Lipinski definition) is 3. The molecule has 0 spiro atoms. The van der Waals surface area contributed by atoms with Crippen molar-refractivity contribution < 1.29 is 5.11 Å². The van der Waals surface area contributed by atoms with Crippen molar-refractivity contribution in [1.82, 2.24) is 14.8 Å². The molecule has 0 aliphatic heterocycles. The normalized spacial score (nSPS) is 15.1. The molecule has 0 aliphatic rings. The van der Waals surface area contributed by atoms with E-state index in [0.29, 0.717) is 11.4 Å². The number of nitrogens with zero attached hydrogens (tertiary/aromatic N) is 3. The predicted octanol–water partition coefficient (Wildman–Crippen LogP) is 3.62. The van der Waals surface area contributed by atoms with E-state index in [1.165, 1.54) is 6.33 Å². The second kappa shape index (κ2) is 6.52. The van der Waals surface area contributed by atoms with Crippen LogP contribution in [-0.4, -0.2) is 19.9 Å². The minimum absolute atomic E-state index is 0.284. The number of rotatable bonds is 5. The molecule has 4 nitrogen and oxygen atoms in total. The molecule has 2 atom stereocenters. The molecule has 118 valence electrons. The first kappa shape index (κ1) is 15.7. The van der Waals surface area contributed by atoms with Crippen LogP contribution >= 0.6 is 11.6 Å². The summed E-state index contributed by atoms with van der Waals surface area (Å²) < 4.78 is 1.71. The number of aliphatic hydroxyl groups is 1. The van der Waals surface area contributed by atoms with Crippen LogP contribution in [0.25, 0.3) is 0 Å². The summed E-state index contributed by atoms with van der Waals surface area (Å²) in [6.07, 6.45) is 3.73. The fourth-order valence-electron chi connectivity index (χ4n) is 2.74. The van der Waals surface area contributed by atoms with Crippen molar-refractivity contribution >= 4 is 11.6 Å². The number of benzene rings is 2. The van der Waals surface area contributed by atoms with Gasteiger partial charge in [-0.25, -0.2) is 9.67 Å². The fraction of sp³-hybridized carbons (Fsp3) is 0.222. The van der Waals surface area contributed by atoms with E-state index in [1.807, 2.05) is 61.5 Å². The average molecular weight is 328 g/mol. The third-order valence-electron chi connectivity index (χ3n) is 4.11. The highest BCUT2D eigenvalue weighted by molar-refractivity contribution is 6.30. The van der Waals surface area contributed by atoms with Crippen molar-refractivity contribution in [1.29, 1.82) is 0 Å². The highest BCUT2D eigenvalue weighted by atomic mass is 35.5. The first-order chi connectivity index (χ1) is 11.1. The zero-order valence-electron chi connectivity index (χ0n) is 12.8. The topological polar surface area (TPSA) is 50.9 Å². The molecule has 5 heteroatoms. The molecule has 0 amide bonds.